The van der Waals surface area contributed by atoms with E-state index in [1.165, 1.54) is 23.0 Å². The van der Waals surface area contributed by atoms with Crippen molar-refractivity contribution in [2.45, 2.75) is 13.1 Å². The van der Waals surface area contributed by atoms with Gasteiger partial charge in [-0.3, -0.25) is 0 Å². The fraction of sp³-hybridized carbons (Fsp3) is 0.231. The Morgan fingerprint density at radius 1 is 1.33 bits per heavy atom. The fourth-order valence-corrected chi connectivity index (χ4v) is 1.54. The topological polar surface area (TPSA) is 65.4 Å². The van der Waals surface area contributed by atoms with Crippen LogP contribution in [0.15, 0.2) is 35.6 Å². The molecule has 0 saturated carbocycles. The molecule has 0 aliphatic rings. The van der Waals surface area contributed by atoms with E-state index in [9.17, 15) is 13.2 Å². The first-order chi connectivity index (χ1) is 9.83. The number of nitrogen functional groups attached to an aromatic ring is 1. The van der Waals surface area contributed by atoms with Crippen molar-refractivity contribution in [3.05, 3.63) is 41.7 Å². The van der Waals surface area contributed by atoms with Crippen molar-refractivity contribution < 1.29 is 17.9 Å². The molecule has 0 fully saturated rings. The lowest BCUT2D eigenvalue weighted by atomic mass is 10.2. The van der Waals surface area contributed by atoms with E-state index in [0.29, 0.717) is 5.56 Å². The maximum absolute atomic E-state index is 12.0. The normalized spacial score (nSPS) is 12.0. The summed E-state index contributed by atoms with van der Waals surface area (Å²) in [4.78, 5) is 3.99. The zero-order valence-electron chi connectivity index (χ0n) is 11.1. The highest BCUT2D eigenvalue weighted by Crippen LogP contribution is 2.18. The quantitative estimate of drug-likeness (QED) is 0.882. The lowest BCUT2D eigenvalue weighted by Crippen LogP contribution is -2.19. The highest BCUT2D eigenvalue weighted by Gasteiger charge is 2.28. The first kappa shape index (κ1) is 14.9. The first-order valence-corrected chi connectivity index (χ1v) is 5.99. The third-order valence-electron chi connectivity index (χ3n) is 2.45. The number of benzene rings is 1. The summed E-state index contributed by atoms with van der Waals surface area (Å²) in [5, 5.41) is 4.10. The predicted octanol–water partition coefficient (Wildman–Crippen LogP) is 2.60. The molecule has 0 spiro atoms. The van der Waals surface area contributed by atoms with Gasteiger partial charge in [-0.15, -0.1) is 0 Å². The van der Waals surface area contributed by atoms with Gasteiger partial charge in [0.25, 0.3) is 0 Å². The van der Waals surface area contributed by atoms with Gasteiger partial charge in [0, 0.05) is 0 Å². The van der Waals surface area contributed by atoms with Gasteiger partial charge in [0.15, 0.2) is 6.61 Å². The van der Waals surface area contributed by atoms with Crippen molar-refractivity contribution in [1.82, 2.24) is 9.66 Å². The Morgan fingerprint density at radius 3 is 2.52 bits per heavy atom. The minimum Gasteiger partial charge on any atom is -0.484 e. The van der Waals surface area contributed by atoms with Crippen molar-refractivity contribution in [2.75, 3.05) is 12.3 Å². The molecule has 1 heterocycles. The number of rotatable bonds is 4. The minimum atomic E-state index is -4.35. The van der Waals surface area contributed by atoms with Crippen molar-refractivity contribution in [2.24, 2.45) is 5.10 Å². The van der Waals surface area contributed by atoms with Crippen LogP contribution in [0, 0.1) is 6.92 Å². The molecular weight excluding hydrogens is 285 g/mol. The molecule has 1 aromatic heterocycles. The number of alkyl halides is 3. The average Bonchev–Trinajstić information content (AvgIpc) is 2.73. The van der Waals surface area contributed by atoms with Crippen LogP contribution in [0.1, 0.15) is 11.3 Å². The zero-order chi connectivity index (χ0) is 15.5. The molecule has 0 unspecified atom stereocenters. The van der Waals surface area contributed by atoms with Crippen molar-refractivity contribution >= 4 is 12.2 Å². The number of hydrogen-bond acceptors (Lipinski definition) is 4. The van der Waals surface area contributed by atoms with Crippen LogP contribution in [0.4, 0.5) is 19.1 Å². The second kappa shape index (κ2) is 5.86. The van der Waals surface area contributed by atoms with Crippen LogP contribution < -0.4 is 10.5 Å². The van der Waals surface area contributed by atoms with Crippen LogP contribution in [-0.2, 0) is 0 Å². The summed E-state index contributed by atoms with van der Waals surface area (Å²) in [5.41, 5.74) is 7.05. The molecule has 21 heavy (non-hydrogen) atoms. The number of nitrogens with zero attached hydrogens (tertiary/aromatic N) is 3. The highest BCUT2D eigenvalue weighted by atomic mass is 19.4. The van der Waals surface area contributed by atoms with Gasteiger partial charge in [0.2, 0.25) is 5.95 Å². The minimum absolute atomic E-state index is 0.141. The van der Waals surface area contributed by atoms with Gasteiger partial charge in [0.1, 0.15) is 5.75 Å². The first-order valence-electron chi connectivity index (χ1n) is 5.99. The van der Waals surface area contributed by atoms with Gasteiger partial charge >= 0.3 is 6.18 Å². The molecule has 0 bridgehead atoms. The van der Waals surface area contributed by atoms with Gasteiger partial charge in [-0.1, -0.05) is 0 Å². The second-order valence-electron chi connectivity index (χ2n) is 4.30. The second-order valence-corrected chi connectivity index (χ2v) is 4.30. The summed E-state index contributed by atoms with van der Waals surface area (Å²) < 4.78 is 42.0. The lowest BCUT2D eigenvalue weighted by molar-refractivity contribution is -0.153. The number of hydrogen-bond donors (Lipinski definition) is 1. The molecule has 0 radical (unpaired) electrons. The van der Waals surface area contributed by atoms with E-state index in [1.807, 2.05) is 0 Å². The van der Waals surface area contributed by atoms with Crippen LogP contribution in [0.3, 0.4) is 0 Å². The summed E-state index contributed by atoms with van der Waals surface area (Å²) in [5.74, 6) is 0.399. The summed E-state index contributed by atoms with van der Waals surface area (Å²) in [7, 11) is 0. The van der Waals surface area contributed by atoms with Gasteiger partial charge in [-0.2, -0.15) is 18.3 Å². The summed E-state index contributed by atoms with van der Waals surface area (Å²) in [6.45, 7) is 0.473. The molecule has 2 N–H and O–H groups in total. The molecule has 5 nitrogen and oxygen atoms in total. The molecule has 0 aliphatic carbocycles. The van der Waals surface area contributed by atoms with E-state index in [1.54, 1.807) is 25.3 Å². The number of halogens is 3. The number of nitrogens with two attached hydrogens (primary N) is 1. The number of anilines is 1. The number of aryl methyl sites for hydroxylation is 1. The van der Waals surface area contributed by atoms with Crippen molar-refractivity contribution in [3.63, 3.8) is 0 Å². The molecule has 8 heteroatoms. The molecule has 0 aliphatic heterocycles. The van der Waals surface area contributed by atoms with Gasteiger partial charge < -0.3 is 10.5 Å². The van der Waals surface area contributed by atoms with E-state index < -0.39 is 12.8 Å². The monoisotopic (exact) mass is 298 g/mol. The Labute approximate surface area is 118 Å². The van der Waals surface area contributed by atoms with Gasteiger partial charge in [-0.05, 0) is 36.8 Å². The van der Waals surface area contributed by atoms with Crippen LogP contribution in [0.25, 0.3) is 0 Å². The van der Waals surface area contributed by atoms with Gasteiger partial charge in [0.05, 0.1) is 18.1 Å². The molecular formula is C13H13F3N4O. The highest BCUT2D eigenvalue weighted by molar-refractivity contribution is 5.79. The van der Waals surface area contributed by atoms with Crippen LogP contribution in [0.2, 0.25) is 0 Å². The van der Waals surface area contributed by atoms with Crippen molar-refractivity contribution in [1.29, 1.82) is 0 Å². The van der Waals surface area contributed by atoms with E-state index in [0.717, 1.165) is 5.69 Å². The SMILES string of the molecule is Cc1cn(N=Cc2ccc(OCC(F)(F)F)cc2)c(N)n1. The van der Waals surface area contributed by atoms with E-state index >= 15 is 0 Å². The van der Waals surface area contributed by atoms with E-state index in [-0.39, 0.29) is 11.7 Å². The molecule has 112 valence electrons. The Kier molecular flexibility index (Phi) is 4.15. The number of ether oxygens (including phenoxy) is 1. The standard InChI is InChI=1S/C13H13F3N4O/c1-9-7-20(12(17)19-9)18-6-10-2-4-11(5-3-10)21-8-13(14,15)16/h2-7H,8H2,1H3,(H2,17,19). The molecule has 1 aromatic carbocycles. The van der Waals surface area contributed by atoms with E-state index in [2.05, 4.69) is 14.8 Å². The maximum Gasteiger partial charge on any atom is 0.422 e. The Hall–Kier alpha value is -2.51. The summed E-state index contributed by atoms with van der Waals surface area (Å²) in [6, 6.07) is 6.07. The largest absolute Gasteiger partial charge is 0.484 e. The Morgan fingerprint density at radius 2 is 2.00 bits per heavy atom. The molecule has 0 atom stereocenters. The van der Waals surface area contributed by atoms with Crippen molar-refractivity contribution in [3.8, 4) is 5.75 Å². The molecule has 0 amide bonds. The third kappa shape index (κ3) is 4.51. The predicted molar refractivity (Wildman–Crippen MR) is 72.4 cm³/mol. The average molecular weight is 298 g/mol. The number of imidazole rings is 1. The summed E-state index contributed by atoms with van der Waals surface area (Å²) in [6.07, 6.45) is -1.17. The molecule has 2 aromatic rings. The Balaban J connectivity index is 2.01. The van der Waals surface area contributed by atoms with Crippen LogP contribution in [-0.4, -0.2) is 28.7 Å². The van der Waals surface area contributed by atoms with Crippen LogP contribution >= 0.6 is 0 Å². The summed E-state index contributed by atoms with van der Waals surface area (Å²) >= 11 is 0. The fourth-order valence-electron chi connectivity index (χ4n) is 1.54. The lowest BCUT2D eigenvalue weighted by Gasteiger charge is -2.08. The molecule has 0 saturated heterocycles. The van der Waals surface area contributed by atoms with E-state index in [4.69, 9.17) is 5.73 Å². The Bertz CT molecular complexity index is 632. The number of aromatic nitrogens is 2. The smallest absolute Gasteiger partial charge is 0.422 e. The molecule has 2 rings (SSSR count). The maximum atomic E-state index is 12.0. The van der Waals surface area contributed by atoms with Crippen LogP contribution in [0.5, 0.6) is 5.75 Å². The van der Waals surface area contributed by atoms with Gasteiger partial charge in [-0.25, -0.2) is 9.66 Å². The third-order valence-corrected chi connectivity index (χ3v) is 2.45. The zero-order valence-corrected chi connectivity index (χ0v) is 11.1.